The highest BCUT2D eigenvalue weighted by Gasteiger charge is 2.44. The summed E-state index contributed by atoms with van der Waals surface area (Å²) in [5.41, 5.74) is -4.49. The number of halogens is 14. The van der Waals surface area contributed by atoms with Crippen molar-refractivity contribution in [3.05, 3.63) is 111 Å². The standard InChI is InChI=1S/C25H5BF14O2/c27-7-3-1-2-5-4-6-9(8(5)7)11(28)13(30)12(29)10(6)26(41-24-20(37)16(33)14(31)17(34)21(24)38)42-25-22(39)18(35)15(32)19(36)23(25)40/h1-3H,4H2. The molecule has 0 aliphatic heterocycles. The van der Waals surface area contributed by atoms with Crippen LogP contribution in [0, 0.1) is 81.4 Å². The molecule has 42 heavy (non-hydrogen) atoms. The van der Waals surface area contributed by atoms with E-state index in [1.165, 1.54) is 0 Å². The number of benzene rings is 4. The van der Waals surface area contributed by atoms with Crippen LogP contribution in [-0.4, -0.2) is 7.12 Å². The van der Waals surface area contributed by atoms with E-state index in [0.717, 1.165) is 18.2 Å². The van der Waals surface area contributed by atoms with Gasteiger partial charge in [-0.1, -0.05) is 12.1 Å². The monoisotopic (exact) mass is 614 g/mol. The lowest BCUT2D eigenvalue weighted by Gasteiger charge is -2.22. The SMILES string of the molecule is Fc1cccc2c1-c1c(F)c(F)c(F)c(B(Oc3c(F)c(F)c(F)c(F)c3F)Oc3c(F)c(F)c(F)c(F)c3F)c1C2. The maximum atomic E-state index is 15.3. The Morgan fingerprint density at radius 1 is 0.452 bits per heavy atom. The van der Waals surface area contributed by atoms with Gasteiger partial charge in [-0.15, -0.1) is 0 Å². The molecule has 0 aromatic heterocycles. The van der Waals surface area contributed by atoms with Crippen molar-refractivity contribution in [1.82, 2.24) is 0 Å². The lowest BCUT2D eigenvalue weighted by Crippen LogP contribution is -2.48. The Kier molecular flexibility index (Phi) is 7.01. The molecule has 0 spiro atoms. The van der Waals surface area contributed by atoms with Gasteiger partial charge in [-0.3, -0.25) is 0 Å². The number of fused-ring (bicyclic) bond motifs is 3. The van der Waals surface area contributed by atoms with Crippen molar-refractivity contribution in [2.75, 3.05) is 0 Å². The van der Waals surface area contributed by atoms with Gasteiger partial charge in [-0.05, 0) is 23.6 Å². The summed E-state index contributed by atoms with van der Waals surface area (Å²) in [6.07, 6.45) is -0.788. The number of hydrogen-bond donors (Lipinski definition) is 0. The molecule has 4 aromatic carbocycles. The van der Waals surface area contributed by atoms with E-state index in [2.05, 4.69) is 9.31 Å². The van der Waals surface area contributed by atoms with E-state index in [0.29, 0.717) is 0 Å². The zero-order chi connectivity index (χ0) is 30.9. The van der Waals surface area contributed by atoms with Crippen LogP contribution in [0.25, 0.3) is 11.1 Å². The Morgan fingerprint density at radius 3 is 1.31 bits per heavy atom. The minimum atomic E-state index is -3.37. The van der Waals surface area contributed by atoms with Crippen molar-refractivity contribution in [1.29, 1.82) is 0 Å². The average Bonchev–Trinajstić information content (AvgIpc) is 3.36. The molecule has 4 aromatic rings. The second-order valence-electron chi connectivity index (χ2n) is 8.53. The fraction of sp³-hybridized carbons (Fsp3) is 0.0400. The fourth-order valence-electron chi connectivity index (χ4n) is 4.33. The van der Waals surface area contributed by atoms with E-state index in [1.807, 2.05) is 0 Å². The van der Waals surface area contributed by atoms with Gasteiger partial charge < -0.3 is 9.31 Å². The molecule has 0 fully saturated rings. The highest BCUT2D eigenvalue weighted by Crippen LogP contribution is 2.42. The van der Waals surface area contributed by atoms with Crippen LogP contribution in [0.1, 0.15) is 11.1 Å². The summed E-state index contributed by atoms with van der Waals surface area (Å²) in [7, 11) is -3.37. The normalized spacial score (nSPS) is 12.0. The molecule has 0 bridgehead atoms. The van der Waals surface area contributed by atoms with E-state index >= 15 is 4.39 Å². The first-order chi connectivity index (χ1) is 19.7. The third-order valence-electron chi connectivity index (χ3n) is 6.21. The van der Waals surface area contributed by atoms with Crippen molar-refractivity contribution in [2.24, 2.45) is 0 Å². The second-order valence-corrected chi connectivity index (χ2v) is 8.53. The van der Waals surface area contributed by atoms with Gasteiger partial charge in [0.05, 0.1) is 5.46 Å². The van der Waals surface area contributed by atoms with Crippen molar-refractivity contribution in [2.45, 2.75) is 6.42 Å². The average molecular weight is 614 g/mol. The predicted molar refractivity (Wildman–Crippen MR) is 114 cm³/mol. The van der Waals surface area contributed by atoms with Gasteiger partial charge in [0, 0.05) is 11.1 Å². The van der Waals surface area contributed by atoms with Gasteiger partial charge >= 0.3 is 7.12 Å². The summed E-state index contributed by atoms with van der Waals surface area (Å²) in [6, 6.07) is 2.93. The molecular formula is C25H5BF14O2. The van der Waals surface area contributed by atoms with E-state index in [9.17, 15) is 57.1 Å². The fourth-order valence-corrected chi connectivity index (χ4v) is 4.33. The van der Waals surface area contributed by atoms with Crippen LogP contribution < -0.4 is 14.8 Å². The molecule has 0 radical (unpaired) electrons. The van der Waals surface area contributed by atoms with Gasteiger partial charge in [0.15, 0.2) is 29.0 Å². The van der Waals surface area contributed by atoms with Crippen LogP contribution in [0.2, 0.25) is 0 Å². The molecule has 5 rings (SSSR count). The maximum Gasteiger partial charge on any atom is 0.636 e. The summed E-state index contributed by atoms with van der Waals surface area (Å²) in [4.78, 5) is 0. The molecule has 0 heterocycles. The van der Waals surface area contributed by atoms with Gasteiger partial charge in [0.1, 0.15) is 5.82 Å². The van der Waals surface area contributed by atoms with Crippen LogP contribution in [0.5, 0.6) is 11.5 Å². The number of rotatable bonds is 5. The highest BCUT2D eigenvalue weighted by molar-refractivity contribution is 6.63. The lowest BCUT2D eigenvalue weighted by atomic mass is 9.73. The van der Waals surface area contributed by atoms with E-state index in [1.54, 1.807) is 0 Å². The molecule has 218 valence electrons. The second kappa shape index (κ2) is 10.1. The van der Waals surface area contributed by atoms with Crippen LogP contribution in [0.4, 0.5) is 61.5 Å². The van der Waals surface area contributed by atoms with Crippen LogP contribution in [0.3, 0.4) is 0 Å². The molecular weight excluding hydrogens is 609 g/mol. The summed E-state index contributed by atoms with van der Waals surface area (Å²) in [5.74, 6) is -40.2. The zero-order valence-corrected chi connectivity index (χ0v) is 19.6. The molecule has 0 unspecified atom stereocenters. The third-order valence-corrected chi connectivity index (χ3v) is 6.21. The topological polar surface area (TPSA) is 18.5 Å². The van der Waals surface area contributed by atoms with Gasteiger partial charge in [0.25, 0.3) is 0 Å². The van der Waals surface area contributed by atoms with Gasteiger partial charge in [-0.25, -0.2) is 43.9 Å². The summed E-state index contributed by atoms with van der Waals surface area (Å²) in [6.45, 7) is 0. The zero-order valence-electron chi connectivity index (χ0n) is 19.6. The molecule has 2 nitrogen and oxygen atoms in total. The van der Waals surface area contributed by atoms with Crippen molar-refractivity contribution in [3.63, 3.8) is 0 Å². The molecule has 0 saturated heterocycles. The van der Waals surface area contributed by atoms with E-state index in [-0.39, 0.29) is 5.56 Å². The molecule has 0 N–H and O–H groups in total. The van der Waals surface area contributed by atoms with Crippen molar-refractivity contribution >= 4 is 12.6 Å². The van der Waals surface area contributed by atoms with E-state index in [4.69, 9.17) is 0 Å². The third kappa shape index (κ3) is 4.12. The summed E-state index contributed by atoms with van der Waals surface area (Å²) >= 11 is 0. The first-order valence-electron chi connectivity index (χ1n) is 11.0. The molecule has 0 amide bonds. The molecule has 1 aliphatic rings. The predicted octanol–water partition coefficient (Wildman–Crippen LogP) is 7.06. The van der Waals surface area contributed by atoms with Crippen LogP contribution >= 0.6 is 0 Å². The number of hydrogen-bond acceptors (Lipinski definition) is 2. The molecule has 0 atom stereocenters. The quantitative estimate of drug-likeness (QED) is 0.0915. The Labute approximate surface area is 223 Å². The van der Waals surface area contributed by atoms with Crippen molar-refractivity contribution in [3.8, 4) is 22.6 Å². The van der Waals surface area contributed by atoms with Gasteiger partial charge in [-0.2, -0.15) is 17.6 Å². The minimum Gasteiger partial charge on any atom is -0.517 e. The molecule has 0 saturated carbocycles. The Hall–Kier alpha value is -4.44. The minimum absolute atomic E-state index is 0.193. The van der Waals surface area contributed by atoms with E-state index < -0.39 is 129 Å². The molecule has 17 heteroatoms. The summed E-state index contributed by atoms with van der Waals surface area (Å²) < 4.78 is 209. The lowest BCUT2D eigenvalue weighted by molar-refractivity contribution is 0.315. The largest absolute Gasteiger partial charge is 0.636 e. The van der Waals surface area contributed by atoms with Gasteiger partial charge in [0.2, 0.25) is 58.2 Å². The molecule has 1 aliphatic carbocycles. The first-order valence-corrected chi connectivity index (χ1v) is 11.0. The highest BCUT2D eigenvalue weighted by atomic mass is 19.2. The Morgan fingerprint density at radius 2 is 0.857 bits per heavy atom. The van der Waals surface area contributed by atoms with Crippen LogP contribution in [-0.2, 0) is 6.42 Å². The van der Waals surface area contributed by atoms with Crippen molar-refractivity contribution < 1.29 is 70.8 Å². The Balaban J connectivity index is 1.82. The Bertz CT molecular complexity index is 1700. The maximum absolute atomic E-state index is 15.3. The van der Waals surface area contributed by atoms with Crippen LogP contribution in [0.15, 0.2) is 18.2 Å². The first kappa shape index (κ1) is 29.1. The smallest absolute Gasteiger partial charge is 0.517 e. The summed E-state index contributed by atoms with van der Waals surface area (Å²) in [5, 5.41) is 0.